The van der Waals surface area contributed by atoms with Crippen LogP contribution in [0.1, 0.15) is 51.3 Å². The third-order valence-electron chi connectivity index (χ3n) is 3.78. The van der Waals surface area contributed by atoms with Crippen molar-refractivity contribution in [2.45, 2.75) is 45.6 Å². The van der Waals surface area contributed by atoms with E-state index in [9.17, 15) is 0 Å². The highest BCUT2D eigenvalue weighted by Gasteiger charge is 2.25. The molecule has 1 aliphatic heterocycles. The normalized spacial score (nSPS) is 24.3. The van der Waals surface area contributed by atoms with Crippen LogP contribution < -0.4 is 10.1 Å². The number of benzene rings is 1. The minimum atomic E-state index is 0.117. The van der Waals surface area contributed by atoms with Crippen LogP contribution in [0.2, 0.25) is 0 Å². The summed E-state index contributed by atoms with van der Waals surface area (Å²) < 4.78 is 5.49. The molecule has 100 valence electrons. The summed E-state index contributed by atoms with van der Waals surface area (Å²) in [4.78, 5) is 0. The van der Waals surface area contributed by atoms with Crippen LogP contribution in [0.3, 0.4) is 0 Å². The van der Waals surface area contributed by atoms with Gasteiger partial charge < -0.3 is 10.1 Å². The van der Waals surface area contributed by atoms with Gasteiger partial charge in [0.2, 0.25) is 0 Å². The minimum absolute atomic E-state index is 0.117. The summed E-state index contributed by atoms with van der Waals surface area (Å²) in [5.74, 6) is 1.77. The molecular formula is C16H25NO. The molecule has 2 heteroatoms. The molecule has 0 aliphatic carbocycles. The summed E-state index contributed by atoms with van der Waals surface area (Å²) in [5, 5.41) is 3.60. The summed E-state index contributed by atoms with van der Waals surface area (Å²) in [7, 11) is 1.75. The van der Waals surface area contributed by atoms with Gasteiger partial charge in [-0.25, -0.2) is 0 Å². The molecule has 2 nitrogen and oxygen atoms in total. The van der Waals surface area contributed by atoms with Gasteiger partial charge in [0.1, 0.15) is 5.75 Å². The van der Waals surface area contributed by atoms with Crippen molar-refractivity contribution < 1.29 is 4.74 Å². The van der Waals surface area contributed by atoms with E-state index in [1.807, 2.05) is 0 Å². The zero-order valence-electron chi connectivity index (χ0n) is 12.2. The summed E-state index contributed by atoms with van der Waals surface area (Å²) in [6.07, 6.45) is 1.23. The second-order valence-corrected chi connectivity index (χ2v) is 6.51. The Hall–Kier alpha value is -1.02. The molecule has 0 aromatic heterocycles. The van der Waals surface area contributed by atoms with Crippen molar-refractivity contribution in [3.05, 3.63) is 29.3 Å². The molecule has 1 aromatic rings. The number of hydrogen-bond acceptors (Lipinski definition) is 2. The zero-order valence-corrected chi connectivity index (χ0v) is 12.2. The molecule has 0 saturated carbocycles. The Balaban J connectivity index is 2.34. The number of methoxy groups -OCH3 is 1. The van der Waals surface area contributed by atoms with Gasteiger partial charge in [0.15, 0.2) is 0 Å². The first kappa shape index (κ1) is 13.4. The van der Waals surface area contributed by atoms with E-state index in [1.54, 1.807) is 7.11 Å². The predicted molar refractivity (Wildman–Crippen MR) is 76.2 cm³/mol. The molecule has 18 heavy (non-hydrogen) atoms. The maximum absolute atomic E-state index is 5.49. The molecule has 2 atom stereocenters. The monoisotopic (exact) mass is 247 g/mol. The van der Waals surface area contributed by atoms with E-state index in [0.29, 0.717) is 6.04 Å². The highest BCUT2D eigenvalue weighted by atomic mass is 16.5. The minimum Gasteiger partial charge on any atom is -0.496 e. The molecule has 1 heterocycles. The Morgan fingerprint density at radius 3 is 2.50 bits per heavy atom. The predicted octanol–water partition coefficient (Wildman–Crippen LogP) is 3.66. The number of hydrogen-bond donors (Lipinski definition) is 1. The topological polar surface area (TPSA) is 21.3 Å². The lowest BCUT2D eigenvalue weighted by Crippen LogP contribution is -2.17. The lowest BCUT2D eigenvalue weighted by Gasteiger charge is -2.24. The molecule has 0 amide bonds. The van der Waals surface area contributed by atoms with Gasteiger partial charge in [0.25, 0.3) is 0 Å². The lowest BCUT2D eigenvalue weighted by atomic mass is 9.84. The SMILES string of the molecule is COc1ccc([C@@H]2C[C@H](C)CN2)cc1C(C)(C)C. The van der Waals surface area contributed by atoms with Crippen molar-refractivity contribution in [3.63, 3.8) is 0 Å². The van der Waals surface area contributed by atoms with Gasteiger partial charge in [-0.2, -0.15) is 0 Å². The summed E-state index contributed by atoms with van der Waals surface area (Å²) in [5.41, 5.74) is 2.81. The van der Waals surface area contributed by atoms with Gasteiger partial charge in [0, 0.05) is 6.04 Å². The second-order valence-electron chi connectivity index (χ2n) is 6.51. The standard InChI is InChI=1S/C16H25NO/c1-11-8-14(17-10-11)12-6-7-15(18-5)13(9-12)16(2,3)4/h6-7,9,11,14,17H,8,10H2,1-5H3/t11-,14-/m0/s1. The molecule has 0 spiro atoms. The molecule has 0 radical (unpaired) electrons. The fourth-order valence-corrected chi connectivity index (χ4v) is 2.69. The van der Waals surface area contributed by atoms with Crippen LogP contribution in [-0.2, 0) is 5.41 Å². The number of nitrogens with one attached hydrogen (secondary N) is 1. The lowest BCUT2D eigenvalue weighted by molar-refractivity contribution is 0.397. The van der Waals surface area contributed by atoms with E-state index in [4.69, 9.17) is 4.74 Å². The first-order valence-electron chi connectivity index (χ1n) is 6.83. The van der Waals surface area contributed by atoms with E-state index in [-0.39, 0.29) is 5.41 Å². The van der Waals surface area contributed by atoms with E-state index < -0.39 is 0 Å². The quantitative estimate of drug-likeness (QED) is 0.861. The van der Waals surface area contributed by atoms with Crippen LogP contribution in [0, 0.1) is 5.92 Å². The van der Waals surface area contributed by atoms with Crippen LogP contribution in [0.5, 0.6) is 5.75 Å². The van der Waals surface area contributed by atoms with Crippen molar-refractivity contribution in [1.29, 1.82) is 0 Å². The summed E-state index contributed by atoms with van der Waals surface area (Å²) in [6.45, 7) is 10.1. The first-order valence-corrected chi connectivity index (χ1v) is 6.83. The van der Waals surface area contributed by atoms with Gasteiger partial charge in [-0.05, 0) is 41.5 Å². The van der Waals surface area contributed by atoms with E-state index in [0.717, 1.165) is 18.2 Å². The fraction of sp³-hybridized carbons (Fsp3) is 0.625. The maximum atomic E-state index is 5.49. The van der Waals surface area contributed by atoms with Gasteiger partial charge in [-0.1, -0.05) is 39.8 Å². The maximum Gasteiger partial charge on any atom is 0.122 e. The molecule has 0 unspecified atom stereocenters. The molecule has 1 aliphatic rings. The van der Waals surface area contributed by atoms with Crippen molar-refractivity contribution >= 4 is 0 Å². The average Bonchev–Trinajstić information content (AvgIpc) is 2.74. The van der Waals surface area contributed by atoms with Crippen LogP contribution in [-0.4, -0.2) is 13.7 Å². The van der Waals surface area contributed by atoms with E-state index in [2.05, 4.69) is 51.2 Å². The summed E-state index contributed by atoms with van der Waals surface area (Å²) >= 11 is 0. The smallest absolute Gasteiger partial charge is 0.122 e. The van der Waals surface area contributed by atoms with Crippen molar-refractivity contribution in [2.24, 2.45) is 5.92 Å². The van der Waals surface area contributed by atoms with Crippen LogP contribution in [0.25, 0.3) is 0 Å². The number of ether oxygens (including phenoxy) is 1. The van der Waals surface area contributed by atoms with Gasteiger partial charge >= 0.3 is 0 Å². The Morgan fingerprint density at radius 1 is 1.28 bits per heavy atom. The van der Waals surface area contributed by atoms with Crippen molar-refractivity contribution in [2.75, 3.05) is 13.7 Å². The van der Waals surface area contributed by atoms with Gasteiger partial charge in [0.05, 0.1) is 7.11 Å². The van der Waals surface area contributed by atoms with Crippen LogP contribution in [0.15, 0.2) is 18.2 Å². The average molecular weight is 247 g/mol. The third kappa shape index (κ3) is 2.69. The molecule has 1 saturated heterocycles. The van der Waals surface area contributed by atoms with Crippen molar-refractivity contribution in [3.8, 4) is 5.75 Å². The molecule has 1 fully saturated rings. The Labute approximate surface area is 111 Å². The van der Waals surface area contributed by atoms with Gasteiger partial charge in [-0.15, -0.1) is 0 Å². The fourth-order valence-electron chi connectivity index (χ4n) is 2.69. The first-order chi connectivity index (χ1) is 8.41. The van der Waals surface area contributed by atoms with Gasteiger partial charge in [-0.3, -0.25) is 0 Å². The Bertz CT molecular complexity index is 420. The van der Waals surface area contributed by atoms with Crippen LogP contribution in [0.4, 0.5) is 0 Å². The molecular weight excluding hydrogens is 222 g/mol. The molecule has 1 aromatic carbocycles. The molecule has 1 N–H and O–H groups in total. The molecule has 2 rings (SSSR count). The highest BCUT2D eigenvalue weighted by molar-refractivity contribution is 5.42. The van der Waals surface area contributed by atoms with E-state index >= 15 is 0 Å². The highest BCUT2D eigenvalue weighted by Crippen LogP contribution is 2.35. The zero-order chi connectivity index (χ0) is 13.3. The Morgan fingerprint density at radius 2 is 2.00 bits per heavy atom. The molecule has 0 bridgehead atoms. The Kier molecular flexibility index (Phi) is 3.67. The second kappa shape index (κ2) is 4.93. The van der Waals surface area contributed by atoms with E-state index in [1.165, 1.54) is 17.5 Å². The van der Waals surface area contributed by atoms with Crippen LogP contribution >= 0.6 is 0 Å². The third-order valence-corrected chi connectivity index (χ3v) is 3.78. The summed E-state index contributed by atoms with van der Waals surface area (Å²) in [6, 6.07) is 7.13. The largest absolute Gasteiger partial charge is 0.496 e. The van der Waals surface area contributed by atoms with Crippen molar-refractivity contribution in [1.82, 2.24) is 5.32 Å². The number of rotatable bonds is 2.